The monoisotopic (exact) mass is 412 g/mol. The van der Waals surface area contributed by atoms with Crippen LogP contribution in [0.25, 0.3) is 0 Å². The molecule has 2 N–H and O–H groups in total. The molecule has 0 bridgehead atoms. The second-order valence-electron chi connectivity index (χ2n) is 6.77. The highest BCUT2D eigenvalue weighted by Gasteiger charge is 2.42. The van der Waals surface area contributed by atoms with Gasteiger partial charge in [0, 0.05) is 18.6 Å². The molecule has 2 aromatic rings. The Morgan fingerprint density at radius 2 is 1.89 bits per heavy atom. The second-order valence-corrected chi connectivity index (χ2v) is 8.78. The number of amides is 1. The van der Waals surface area contributed by atoms with Gasteiger partial charge >= 0.3 is 0 Å². The topological polar surface area (TPSA) is 93.1 Å². The third kappa shape index (κ3) is 4.51. The lowest BCUT2D eigenvalue weighted by atomic mass is 9.87. The summed E-state index contributed by atoms with van der Waals surface area (Å²) in [6.07, 6.45) is 6.03. The van der Waals surface area contributed by atoms with E-state index in [0.29, 0.717) is 12.8 Å². The molecule has 2 heterocycles. The standard InChI is InChI=1S/C18H24N4O3S.ClH/c1-14(15-4-6-16(7-5-15)26(2,24)25)21-17(23)18(8-11-19-12-9-18)22-13-3-10-20-22;/h3-7,10,13-14,19H,8-9,11-12H2,1-2H3,(H,21,23);1H. The number of nitrogens with zero attached hydrogens (tertiary/aromatic N) is 2. The summed E-state index contributed by atoms with van der Waals surface area (Å²) < 4.78 is 24.9. The fourth-order valence-electron chi connectivity index (χ4n) is 3.34. The average molecular weight is 413 g/mol. The maximum Gasteiger partial charge on any atom is 0.248 e. The van der Waals surface area contributed by atoms with E-state index in [9.17, 15) is 13.2 Å². The number of carbonyl (C=O) groups is 1. The van der Waals surface area contributed by atoms with Gasteiger partial charge in [-0.25, -0.2) is 8.42 Å². The minimum atomic E-state index is -3.23. The molecule has 1 saturated heterocycles. The number of carbonyl (C=O) groups excluding carboxylic acids is 1. The number of sulfone groups is 1. The summed E-state index contributed by atoms with van der Waals surface area (Å²) in [6.45, 7) is 3.40. The first-order valence-corrected chi connectivity index (χ1v) is 10.5. The summed E-state index contributed by atoms with van der Waals surface area (Å²) in [4.78, 5) is 13.4. The number of halogens is 1. The molecule has 1 aliphatic rings. The maximum atomic E-state index is 13.1. The number of aromatic nitrogens is 2. The van der Waals surface area contributed by atoms with Gasteiger partial charge in [0.2, 0.25) is 5.91 Å². The van der Waals surface area contributed by atoms with Crippen molar-refractivity contribution in [2.24, 2.45) is 0 Å². The molecule has 1 unspecified atom stereocenters. The minimum Gasteiger partial charge on any atom is -0.347 e. The molecule has 0 radical (unpaired) electrons. The molecule has 9 heteroatoms. The molecule has 0 spiro atoms. The van der Waals surface area contributed by atoms with Crippen LogP contribution in [0.4, 0.5) is 0 Å². The number of rotatable bonds is 5. The van der Waals surface area contributed by atoms with E-state index in [2.05, 4.69) is 15.7 Å². The lowest BCUT2D eigenvalue weighted by molar-refractivity contribution is -0.132. The molecule has 27 heavy (non-hydrogen) atoms. The van der Waals surface area contributed by atoms with Gasteiger partial charge in [0.05, 0.1) is 10.9 Å². The van der Waals surface area contributed by atoms with E-state index in [1.807, 2.05) is 19.2 Å². The van der Waals surface area contributed by atoms with Crippen LogP contribution in [0, 0.1) is 0 Å². The van der Waals surface area contributed by atoms with E-state index in [0.717, 1.165) is 18.7 Å². The SMILES string of the molecule is CC(NC(=O)C1(n2cccn2)CCNCC1)c1ccc(S(C)(=O)=O)cc1.Cl. The summed E-state index contributed by atoms with van der Waals surface area (Å²) in [5.74, 6) is -0.0672. The number of piperidine rings is 1. The van der Waals surface area contributed by atoms with Gasteiger partial charge in [0.15, 0.2) is 9.84 Å². The Morgan fingerprint density at radius 1 is 1.26 bits per heavy atom. The zero-order valence-electron chi connectivity index (χ0n) is 15.4. The van der Waals surface area contributed by atoms with Gasteiger partial charge in [-0.3, -0.25) is 9.48 Å². The second kappa shape index (κ2) is 8.41. The summed E-state index contributed by atoms with van der Waals surface area (Å²) in [5, 5.41) is 10.7. The van der Waals surface area contributed by atoms with E-state index < -0.39 is 15.4 Å². The van der Waals surface area contributed by atoms with Crippen molar-refractivity contribution in [3.63, 3.8) is 0 Å². The van der Waals surface area contributed by atoms with Crippen LogP contribution < -0.4 is 10.6 Å². The minimum absolute atomic E-state index is 0. The Morgan fingerprint density at radius 3 is 2.41 bits per heavy atom. The third-order valence-electron chi connectivity index (χ3n) is 4.95. The van der Waals surface area contributed by atoms with Gasteiger partial charge in [-0.15, -0.1) is 12.4 Å². The summed E-state index contributed by atoms with van der Waals surface area (Å²) in [6, 6.07) is 8.21. The van der Waals surface area contributed by atoms with Gasteiger partial charge < -0.3 is 10.6 Å². The van der Waals surface area contributed by atoms with Gasteiger partial charge in [0.1, 0.15) is 5.54 Å². The van der Waals surface area contributed by atoms with Crippen LogP contribution in [0.3, 0.4) is 0 Å². The lowest BCUT2D eigenvalue weighted by Crippen LogP contribution is -2.55. The summed E-state index contributed by atoms with van der Waals surface area (Å²) >= 11 is 0. The summed E-state index contributed by atoms with van der Waals surface area (Å²) in [7, 11) is -3.23. The smallest absolute Gasteiger partial charge is 0.248 e. The van der Waals surface area contributed by atoms with Crippen molar-refractivity contribution in [2.45, 2.75) is 36.2 Å². The quantitative estimate of drug-likeness (QED) is 0.779. The van der Waals surface area contributed by atoms with Crippen LogP contribution in [0.5, 0.6) is 0 Å². The largest absolute Gasteiger partial charge is 0.347 e. The Hall–Kier alpha value is -1.90. The van der Waals surface area contributed by atoms with Gasteiger partial charge in [0.25, 0.3) is 0 Å². The van der Waals surface area contributed by atoms with Crippen LogP contribution >= 0.6 is 12.4 Å². The van der Waals surface area contributed by atoms with Gasteiger partial charge in [-0.2, -0.15) is 5.10 Å². The predicted octanol–water partition coefficient (Wildman–Crippen LogP) is 1.66. The van der Waals surface area contributed by atoms with E-state index in [1.54, 1.807) is 35.1 Å². The molecule has 1 fully saturated rings. The molecule has 7 nitrogen and oxygen atoms in total. The molecular formula is C18H25ClN4O3S. The van der Waals surface area contributed by atoms with Crippen molar-refractivity contribution in [3.8, 4) is 0 Å². The van der Waals surface area contributed by atoms with Crippen molar-refractivity contribution >= 4 is 28.2 Å². The zero-order chi connectivity index (χ0) is 18.8. The number of hydrogen-bond acceptors (Lipinski definition) is 5. The zero-order valence-corrected chi connectivity index (χ0v) is 17.0. The maximum absolute atomic E-state index is 13.1. The Balaban J connectivity index is 0.00000261. The van der Waals surface area contributed by atoms with E-state index >= 15 is 0 Å². The number of nitrogens with one attached hydrogen (secondary N) is 2. The van der Waals surface area contributed by atoms with Crippen LogP contribution in [-0.2, 0) is 20.2 Å². The first-order valence-electron chi connectivity index (χ1n) is 8.65. The number of benzene rings is 1. The van der Waals surface area contributed by atoms with Crippen molar-refractivity contribution in [2.75, 3.05) is 19.3 Å². The van der Waals surface area contributed by atoms with Crippen molar-refractivity contribution in [1.82, 2.24) is 20.4 Å². The number of hydrogen-bond donors (Lipinski definition) is 2. The van der Waals surface area contributed by atoms with Gasteiger partial charge in [-0.1, -0.05) is 12.1 Å². The molecule has 3 rings (SSSR count). The van der Waals surface area contributed by atoms with Crippen LogP contribution in [0.15, 0.2) is 47.6 Å². The first-order chi connectivity index (χ1) is 12.3. The highest BCUT2D eigenvalue weighted by Crippen LogP contribution is 2.28. The molecule has 0 aliphatic carbocycles. The van der Waals surface area contributed by atoms with E-state index in [-0.39, 0.29) is 29.3 Å². The molecule has 1 atom stereocenters. The van der Waals surface area contributed by atoms with Crippen molar-refractivity contribution in [3.05, 3.63) is 48.3 Å². The highest BCUT2D eigenvalue weighted by atomic mass is 35.5. The van der Waals surface area contributed by atoms with Crippen LogP contribution in [0.1, 0.15) is 31.4 Å². The Kier molecular flexibility index (Phi) is 6.67. The predicted molar refractivity (Wildman–Crippen MR) is 106 cm³/mol. The molecule has 1 aromatic heterocycles. The van der Waals surface area contributed by atoms with E-state index in [1.165, 1.54) is 6.26 Å². The van der Waals surface area contributed by atoms with E-state index in [4.69, 9.17) is 0 Å². The average Bonchev–Trinajstić information content (AvgIpc) is 3.17. The van der Waals surface area contributed by atoms with Crippen LogP contribution in [-0.4, -0.2) is 43.5 Å². The molecule has 1 aliphatic heterocycles. The normalized spacial score (nSPS) is 17.6. The van der Waals surface area contributed by atoms with Crippen LogP contribution in [0.2, 0.25) is 0 Å². The molecule has 0 saturated carbocycles. The fourth-order valence-corrected chi connectivity index (χ4v) is 3.97. The fraction of sp³-hybridized carbons (Fsp3) is 0.444. The molecule has 148 valence electrons. The third-order valence-corrected chi connectivity index (χ3v) is 6.08. The van der Waals surface area contributed by atoms with Gasteiger partial charge in [-0.05, 0) is 56.6 Å². The van der Waals surface area contributed by atoms with Crippen molar-refractivity contribution in [1.29, 1.82) is 0 Å². The first kappa shape index (κ1) is 21.4. The molecule has 1 amide bonds. The highest BCUT2D eigenvalue weighted by molar-refractivity contribution is 7.90. The molecule has 1 aromatic carbocycles. The lowest BCUT2D eigenvalue weighted by Gasteiger charge is -2.37. The Labute approximate surface area is 165 Å². The Bertz CT molecular complexity index is 861. The van der Waals surface area contributed by atoms with Crippen molar-refractivity contribution < 1.29 is 13.2 Å². The molecular weight excluding hydrogens is 388 g/mol. The summed E-state index contributed by atoms with van der Waals surface area (Å²) in [5.41, 5.74) is 0.158.